The number of ether oxygens (including phenoxy) is 1. The Morgan fingerprint density at radius 2 is 2.48 bits per heavy atom. The van der Waals surface area contributed by atoms with Crippen molar-refractivity contribution in [3.8, 4) is 0 Å². The van der Waals surface area contributed by atoms with Gasteiger partial charge in [-0.1, -0.05) is 18.2 Å². The Bertz CT molecular complexity index is 548. The minimum Gasteiger partial charge on any atom is -0.465 e. The topological polar surface area (TPSA) is 98.1 Å². The van der Waals surface area contributed by atoms with Crippen LogP contribution in [0.2, 0.25) is 0 Å². The summed E-state index contributed by atoms with van der Waals surface area (Å²) in [6.07, 6.45) is 4.86. The molecule has 6 nitrogen and oxygen atoms in total. The number of hydrogen-bond donors (Lipinski definition) is 2. The second-order valence-corrected chi connectivity index (χ2v) is 6.31. The summed E-state index contributed by atoms with van der Waals surface area (Å²) in [7, 11) is 0. The van der Waals surface area contributed by atoms with Crippen LogP contribution in [0.1, 0.15) is 32.6 Å². The SMILES string of the molecule is CCOC(=O)C1(N)CCCC1CCSc1nccc(=O)[nH]1. The number of carbonyl (C=O) groups is 1. The van der Waals surface area contributed by atoms with Gasteiger partial charge in [-0.2, -0.15) is 0 Å². The molecule has 1 aliphatic carbocycles. The standard InChI is InChI=1S/C14H21N3O3S/c1-2-20-12(19)14(15)7-3-4-10(14)6-9-21-13-16-8-5-11(18)17-13/h5,8,10H,2-4,6-7,9,15H2,1H3,(H,16,17,18). The van der Waals surface area contributed by atoms with Crippen molar-refractivity contribution in [2.75, 3.05) is 12.4 Å². The second-order valence-electron chi connectivity index (χ2n) is 5.23. The van der Waals surface area contributed by atoms with Crippen LogP contribution in [0.4, 0.5) is 0 Å². The molecule has 1 aromatic heterocycles. The van der Waals surface area contributed by atoms with E-state index < -0.39 is 5.54 Å². The van der Waals surface area contributed by atoms with Crippen molar-refractivity contribution in [1.29, 1.82) is 0 Å². The molecule has 2 rings (SSSR count). The van der Waals surface area contributed by atoms with Crippen LogP contribution in [-0.4, -0.2) is 33.8 Å². The van der Waals surface area contributed by atoms with E-state index in [1.165, 1.54) is 24.0 Å². The molecular weight excluding hydrogens is 290 g/mol. The maximum atomic E-state index is 12.0. The lowest BCUT2D eigenvalue weighted by molar-refractivity contribution is -0.151. The number of nitrogens with two attached hydrogens (primary N) is 1. The molecule has 21 heavy (non-hydrogen) atoms. The van der Waals surface area contributed by atoms with Gasteiger partial charge in [0.25, 0.3) is 5.56 Å². The summed E-state index contributed by atoms with van der Waals surface area (Å²) in [5, 5.41) is 0.597. The average Bonchev–Trinajstić information content (AvgIpc) is 2.82. The molecule has 1 aromatic rings. The lowest BCUT2D eigenvalue weighted by Gasteiger charge is -2.28. The summed E-state index contributed by atoms with van der Waals surface area (Å²) in [5.41, 5.74) is 5.27. The van der Waals surface area contributed by atoms with Crippen molar-refractivity contribution >= 4 is 17.7 Å². The first-order valence-electron chi connectivity index (χ1n) is 7.20. The van der Waals surface area contributed by atoms with Crippen LogP contribution >= 0.6 is 11.8 Å². The van der Waals surface area contributed by atoms with E-state index in [1.54, 1.807) is 6.92 Å². The van der Waals surface area contributed by atoms with Gasteiger partial charge >= 0.3 is 5.97 Å². The smallest absolute Gasteiger partial charge is 0.326 e. The first-order valence-corrected chi connectivity index (χ1v) is 8.19. The quantitative estimate of drug-likeness (QED) is 0.467. The molecule has 1 saturated carbocycles. The van der Waals surface area contributed by atoms with Gasteiger partial charge in [-0.3, -0.25) is 9.59 Å². The van der Waals surface area contributed by atoms with Crippen LogP contribution in [0.5, 0.6) is 0 Å². The first-order chi connectivity index (χ1) is 10.1. The molecule has 0 spiro atoms. The van der Waals surface area contributed by atoms with E-state index in [4.69, 9.17) is 10.5 Å². The molecule has 0 amide bonds. The molecule has 2 unspecified atom stereocenters. The number of esters is 1. The van der Waals surface area contributed by atoms with E-state index in [-0.39, 0.29) is 17.4 Å². The number of hydrogen-bond acceptors (Lipinski definition) is 6. The third-order valence-electron chi connectivity index (χ3n) is 3.88. The van der Waals surface area contributed by atoms with Crippen LogP contribution in [0, 0.1) is 5.92 Å². The molecule has 2 atom stereocenters. The summed E-state index contributed by atoms with van der Waals surface area (Å²) in [6, 6.07) is 1.38. The molecule has 0 radical (unpaired) electrons. The molecule has 116 valence electrons. The second kappa shape index (κ2) is 7.09. The van der Waals surface area contributed by atoms with Crippen molar-refractivity contribution in [2.24, 2.45) is 11.7 Å². The first kappa shape index (κ1) is 16.0. The monoisotopic (exact) mass is 311 g/mol. The molecule has 0 aliphatic heterocycles. The maximum Gasteiger partial charge on any atom is 0.326 e. The van der Waals surface area contributed by atoms with Crippen LogP contribution in [0.3, 0.4) is 0 Å². The fourth-order valence-electron chi connectivity index (χ4n) is 2.76. The summed E-state index contributed by atoms with van der Waals surface area (Å²) < 4.78 is 5.11. The lowest BCUT2D eigenvalue weighted by atomic mass is 9.86. The van der Waals surface area contributed by atoms with Gasteiger partial charge in [0.05, 0.1) is 6.61 Å². The average molecular weight is 311 g/mol. The zero-order valence-corrected chi connectivity index (χ0v) is 12.9. The van der Waals surface area contributed by atoms with Gasteiger partial charge in [0, 0.05) is 18.0 Å². The van der Waals surface area contributed by atoms with Gasteiger partial charge in [0.15, 0.2) is 5.16 Å². The molecule has 0 bridgehead atoms. The Morgan fingerprint density at radius 3 is 3.19 bits per heavy atom. The van der Waals surface area contributed by atoms with Crippen molar-refractivity contribution in [2.45, 2.75) is 43.3 Å². The van der Waals surface area contributed by atoms with Crippen LogP contribution in [0.15, 0.2) is 22.2 Å². The van der Waals surface area contributed by atoms with E-state index >= 15 is 0 Å². The van der Waals surface area contributed by atoms with Crippen LogP contribution in [0.25, 0.3) is 0 Å². The molecule has 1 heterocycles. The van der Waals surface area contributed by atoms with Gasteiger partial charge in [-0.25, -0.2) is 4.98 Å². The Kier molecular flexibility index (Phi) is 5.41. The molecular formula is C14H21N3O3S. The number of nitrogens with zero attached hydrogens (tertiary/aromatic N) is 1. The Hall–Kier alpha value is -1.34. The molecule has 3 N–H and O–H groups in total. The number of rotatable bonds is 6. The third kappa shape index (κ3) is 3.85. The van der Waals surface area contributed by atoms with E-state index in [0.29, 0.717) is 18.2 Å². The summed E-state index contributed by atoms with van der Waals surface area (Å²) in [5.74, 6) is 0.596. The van der Waals surface area contributed by atoms with E-state index in [2.05, 4.69) is 9.97 Å². The highest BCUT2D eigenvalue weighted by Gasteiger charge is 2.46. The Morgan fingerprint density at radius 1 is 1.67 bits per heavy atom. The van der Waals surface area contributed by atoms with Crippen molar-refractivity contribution < 1.29 is 9.53 Å². The fourth-order valence-corrected chi connectivity index (χ4v) is 3.67. The van der Waals surface area contributed by atoms with E-state index in [1.807, 2.05) is 0 Å². The normalized spacial score (nSPS) is 25.0. The summed E-state index contributed by atoms with van der Waals surface area (Å²) >= 11 is 1.47. The van der Waals surface area contributed by atoms with E-state index in [9.17, 15) is 9.59 Å². The number of nitrogens with one attached hydrogen (secondary N) is 1. The minimum atomic E-state index is -0.853. The van der Waals surface area contributed by atoms with Gasteiger partial charge < -0.3 is 15.5 Å². The van der Waals surface area contributed by atoms with Crippen molar-refractivity contribution in [3.63, 3.8) is 0 Å². The number of thioether (sulfide) groups is 1. The predicted molar refractivity (Wildman–Crippen MR) is 81.1 cm³/mol. The highest BCUT2D eigenvalue weighted by Crippen LogP contribution is 2.38. The summed E-state index contributed by atoms with van der Waals surface area (Å²) in [4.78, 5) is 30.0. The third-order valence-corrected chi connectivity index (χ3v) is 4.80. The van der Waals surface area contributed by atoms with Crippen molar-refractivity contribution in [3.05, 3.63) is 22.6 Å². The minimum absolute atomic E-state index is 0.125. The van der Waals surface area contributed by atoms with Gasteiger partial charge in [-0.05, 0) is 32.1 Å². The van der Waals surface area contributed by atoms with E-state index in [0.717, 1.165) is 25.0 Å². The van der Waals surface area contributed by atoms with Gasteiger partial charge in [0.1, 0.15) is 5.54 Å². The molecule has 1 fully saturated rings. The van der Waals surface area contributed by atoms with Crippen LogP contribution in [-0.2, 0) is 9.53 Å². The Balaban J connectivity index is 1.90. The number of aromatic amines is 1. The number of H-pyrrole nitrogens is 1. The highest BCUT2D eigenvalue weighted by atomic mass is 32.2. The highest BCUT2D eigenvalue weighted by molar-refractivity contribution is 7.99. The van der Waals surface area contributed by atoms with Crippen molar-refractivity contribution in [1.82, 2.24) is 9.97 Å². The predicted octanol–water partition coefficient (Wildman–Crippen LogP) is 1.31. The maximum absolute atomic E-state index is 12.0. The molecule has 0 aromatic carbocycles. The fraction of sp³-hybridized carbons (Fsp3) is 0.643. The Labute approximate surface area is 127 Å². The zero-order chi connectivity index (χ0) is 15.3. The zero-order valence-electron chi connectivity index (χ0n) is 12.1. The molecule has 7 heteroatoms. The number of aromatic nitrogens is 2. The summed E-state index contributed by atoms with van der Waals surface area (Å²) in [6.45, 7) is 2.15. The molecule has 1 aliphatic rings. The molecule has 0 saturated heterocycles. The largest absolute Gasteiger partial charge is 0.465 e. The van der Waals surface area contributed by atoms with Gasteiger partial charge in [-0.15, -0.1) is 0 Å². The number of carbonyl (C=O) groups excluding carboxylic acids is 1. The van der Waals surface area contributed by atoms with Gasteiger partial charge in [0.2, 0.25) is 0 Å². The van der Waals surface area contributed by atoms with Crippen LogP contribution < -0.4 is 11.3 Å². The lowest BCUT2D eigenvalue weighted by Crippen LogP contribution is -2.52.